The Morgan fingerprint density at radius 2 is 1.83 bits per heavy atom. The average molecular weight is 396 g/mol. The molecule has 2 aromatic rings. The largest absolute Gasteiger partial charge is 0.481 e. The van der Waals surface area contributed by atoms with E-state index in [1.54, 1.807) is 6.20 Å². The van der Waals surface area contributed by atoms with Crippen molar-refractivity contribution >= 4 is 11.9 Å². The molecule has 1 saturated heterocycles. The number of likely N-dealkylation sites (tertiary alicyclic amines) is 1. The molecular weight excluding hydrogens is 366 g/mol. The summed E-state index contributed by atoms with van der Waals surface area (Å²) in [5, 5.41) is 14.5. The van der Waals surface area contributed by atoms with Crippen LogP contribution in [0.15, 0.2) is 36.5 Å². The quantitative estimate of drug-likeness (QED) is 0.810. The van der Waals surface area contributed by atoms with E-state index in [9.17, 15) is 14.7 Å². The predicted octanol–water partition coefficient (Wildman–Crippen LogP) is 3.68. The highest BCUT2D eigenvalue weighted by Crippen LogP contribution is 2.43. The Kier molecular flexibility index (Phi) is 5.19. The van der Waals surface area contributed by atoms with Crippen molar-refractivity contribution in [3.05, 3.63) is 53.3 Å². The molecule has 0 spiro atoms. The monoisotopic (exact) mass is 395 g/mol. The number of rotatable bonds is 6. The zero-order valence-electron chi connectivity index (χ0n) is 17.2. The highest BCUT2D eigenvalue weighted by atomic mass is 16.4. The molecule has 0 bridgehead atoms. The van der Waals surface area contributed by atoms with E-state index in [0.717, 1.165) is 30.6 Å². The number of amides is 1. The maximum Gasteiger partial charge on any atom is 0.314 e. The minimum atomic E-state index is -0.917. The fourth-order valence-corrected chi connectivity index (χ4v) is 4.48. The van der Waals surface area contributed by atoms with Gasteiger partial charge in [-0.05, 0) is 37.2 Å². The van der Waals surface area contributed by atoms with Gasteiger partial charge in [0.1, 0.15) is 0 Å². The lowest BCUT2D eigenvalue weighted by Crippen LogP contribution is -2.49. The SMILES string of the molecule is CC(C)Cn1ncc(C(=O)N2CCC(C(=O)O)(c3ccccc3)CC2)c1C1CC1. The van der Waals surface area contributed by atoms with Gasteiger partial charge in [0.25, 0.3) is 5.91 Å². The first-order valence-corrected chi connectivity index (χ1v) is 10.6. The molecule has 2 fully saturated rings. The summed E-state index contributed by atoms with van der Waals surface area (Å²) in [5.41, 5.74) is 1.68. The third-order valence-corrected chi connectivity index (χ3v) is 6.25. The maximum atomic E-state index is 13.3. The zero-order valence-corrected chi connectivity index (χ0v) is 17.2. The van der Waals surface area contributed by atoms with Crippen LogP contribution in [0.5, 0.6) is 0 Å². The number of aromatic nitrogens is 2. The van der Waals surface area contributed by atoms with Gasteiger partial charge in [-0.15, -0.1) is 0 Å². The first kappa shape index (κ1) is 19.7. The van der Waals surface area contributed by atoms with Crippen LogP contribution in [0.3, 0.4) is 0 Å². The van der Waals surface area contributed by atoms with Crippen LogP contribution in [0, 0.1) is 5.92 Å². The van der Waals surface area contributed by atoms with Crippen LogP contribution >= 0.6 is 0 Å². The van der Waals surface area contributed by atoms with Crippen molar-refractivity contribution in [2.45, 2.75) is 57.4 Å². The number of nitrogens with zero attached hydrogens (tertiary/aromatic N) is 3. The van der Waals surface area contributed by atoms with Crippen molar-refractivity contribution in [1.82, 2.24) is 14.7 Å². The minimum absolute atomic E-state index is 0.00560. The van der Waals surface area contributed by atoms with E-state index in [-0.39, 0.29) is 5.91 Å². The molecule has 2 heterocycles. The molecule has 1 aromatic heterocycles. The van der Waals surface area contributed by atoms with E-state index in [4.69, 9.17) is 0 Å². The normalized spacial score (nSPS) is 18.8. The molecule has 2 aliphatic rings. The van der Waals surface area contributed by atoms with Gasteiger partial charge in [0, 0.05) is 25.6 Å². The Hall–Kier alpha value is -2.63. The molecule has 1 aliphatic heterocycles. The molecule has 6 heteroatoms. The number of carboxylic acid groups (broad SMARTS) is 1. The fourth-order valence-electron chi connectivity index (χ4n) is 4.48. The third kappa shape index (κ3) is 3.68. The first-order chi connectivity index (χ1) is 13.9. The van der Waals surface area contributed by atoms with Gasteiger partial charge in [-0.1, -0.05) is 44.2 Å². The van der Waals surface area contributed by atoms with Crippen LogP contribution in [0.25, 0.3) is 0 Å². The molecule has 0 radical (unpaired) electrons. The number of hydrogen-bond acceptors (Lipinski definition) is 3. The predicted molar refractivity (Wildman–Crippen MR) is 110 cm³/mol. The van der Waals surface area contributed by atoms with E-state index in [2.05, 4.69) is 18.9 Å². The molecule has 1 aromatic carbocycles. The van der Waals surface area contributed by atoms with Crippen LogP contribution in [-0.2, 0) is 16.8 Å². The van der Waals surface area contributed by atoms with Gasteiger partial charge in [-0.3, -0.25) is 14.3 Å². The standard InChI is InChI=1S/C23H29N3O3/c1-16(2)15-26-20(17-8-9-17)19(14-24-26)21(27)25-12-10-23(11-13-25,22(28)29)18-6-4-3-5-7-18/h3-7,14,16-17H,8-13,15H2,1-2H3,(H,28,29). The van der Waals surface area contributed by atoms with Gasteiger partial charge >= 0.3 is 5.97 Å². The maximum absolute atomic E-state index is 13.3. The van der Waals surface area contributed by atoms with Crippen molar-refractivity contribution in [3.63, 3.8) is 0 Å². The lowest BCUT2D eigenvalue weighted by molar-refractivity contribution is -0.145. The van der Waals surface area contributed by atoms with Gasteiger partial charge < -0.3 is 10.0 Å². The molecule has 29 heavy (non-hydrogen) atoms. The second-order valence-electron chi connectivity index (χ2n) is 8.84. The molecule has 1 N–H and O–H groups in total. The molecule has 0 unspecified atom stereocenters. The minimum Gasteiger partial charge on any atom is -0.481 e. The summed E-state index contributed by atoms with van der Waals surface area (Å²) in [7, 11) is 0. The summed E-state index contributed by atoms with van der Waals surface area (Å²) in [6.45, 7) is 6.01. The molecule has 0 atom stereocenters. The number of carbonyl (C=O) groups excluding carboxylic acids is 1. The number of hydrogen-bond donors (Lipinski definition) is 1. The average Bonchev–Trinajstić information content (AvgIpc) is 3.48. The second-order valence-corrected chi connectivity index (χ2v) is 8.84. The van der Waals surface area contributed by atoms with Crippen LogP contribution in [0.1, 0.15) is 67.1 Å². The smallest absolute Gasteiger partial charge is 0.314 e. The Morgan fingerprint density at radius 3 is 2.38 bits per heavy atom. The summed E-state index contributed by atoms with van der Waals surface area (Å²) in [6, 6.07) is 9.41. The van der Waals surface area contributed by atoms with Crippen LogP contribution in [0.4, 0.5) is 0 Å². The van der Waals surface area contributed by atoms with Gasteiger partial charge in [0.05, 0.1) is 22.9 Å². The van der Waals surface area contributed by atoms with E-state index in [1.165, 1.54) is 0 Å². The Labute approximate surface area is 171 Å². The van der Waals surface area contributed by atoms with Crippen molar-refractivity contribution in [2.75, 3.05) is 13.1 Å². The van der Waals surface area contributed by atoms with Crippen LogP contribution in [0.2, 0.25) is 0 Å². The Morgan fingerprint density at radius 1 is 1.17 bits per heavy atom. The first-order valence-electron chi connectivity index (χ1n) is 10.6. The topological polar surface area (TPSA) is 75.4 Å². The van der Waals surface area contributed by atoms with Gasteiger partial charge in [0.2, 0.25) is 0 Å². The summed E-state index contributed by atoms with van der Waals surface area (Å²) in [4.78, 5) is 27.3. The van der Waals surface area contributed by atoms with Crippen molar-refractivity contribution in [1.29, 1.82) is 0 Å². The lowest BCUT2D eigenvalue weighted by atomic mass is 9.72. The summed E-state index contributed by atoms with van der Waals surface area (Å²) in [6.07, 6.45) is 4.79. The number of benzene rings is 1. The summed E-state index contributed by atoms with van der Waals surface area (Å²) >= 11 is 0. The van der Waals surface area contributed by atoms with Gasteiger partial charge in [0.15, 0.2) is 0 Å². The van der Waals surface area contributed by atoms with E-state index in [0.29, 0.717) is 43.3 Å². The Balaban J connectivity index is 1.54. The molecule has 6 nitrogen and oxygen atoms in total. The van der Waals surface area contributed by atoms with E-state index >= 15 is 0 Å². The number of carbonyl (C=O) groups is 2. The zero-order chi connectivity index (χ0) is 20.6. The highest BCUT2D eigenvalue weighted by Gasteiger charge is 2.44. The van der Waals surface area contributed by atoms with Crippen LogP contribution < -0.4 is 0 Å². The molecule has 154 valence electrons. The number of piperidine rings is 1. The second kappa shape index (κ2) is 7.65. The fraction of sp³-hybridized carbons (Fsp3) is 0.522. The molecule has 4 rings (SSSR count). The molecule has 1 aliphatic carbocycles. The molecule has 1 amide bonds. The van der Waals surface area contributed by atoms with Gasteiger partial charge in [-0.25, -0.2) is 0 Å². The number of aliphatic carboxylic acids is 1. The lowest BCUT2D eigenvalue weighted by Gasteiger charge is -2.39. The molecule has 1 saturated carbocycles. The van der Waals surface area contributed by atoms with Crippen LogP contribution in [-0.4, -0.2) is 44.8 Å². The van der Waals surface area contributed by atoms with E-state index < -0.39 is 11.4 Å². The highest BCUT2D eigenvalue weighted by molar-refractivity contribution is 5.96. The molecular formula is C23H29N3O3. The van der Waals surface area contributed by atoms with Gasteiger partial charge in [-0.2, -0.15) is 5.10 Å². The van der Waals surface area contributed by atoms with E-state index in [1.807, 2.05) is 39.9 Å². The van der Waals surface area contributed by atoms with Crippen molar-refractivity contribution in [3.8, 4) is 0 Å². The summed E-state index contributed by atoms with van der Waals surface area (Å²) < 4.78 is 2.00. The number of carboxylic acids is 1. The summed E-state index contributed by atoms with van der Waals surface area (Å²) in [5.74, 6) is 0.0861. The van der Waals surface area contributed by atoms with Crippen molar-refractivity contribution in [2.24, 2.45) is 5.92 Å². The Bertz CT molecular complexity index is 891. The van der Waals surface area contributed by atoms with Crippen molar-refractivity contribution < 1.29 is 14.7 Å². The third-order valence-electron chi connectivity index (χ3n) is 6.25.